The highest BCUT2D eigenvalue weighted by molar-refractivity contribution is 7.26. The molecule has 12 rings (SSSR count). The Balaban J connectivity index is 1.26. The second kappa shape index (κ2) is 15.1. The quantitative estimate of drug-likeness (QED) is 0.162. The molecule has 1 aromatic heterocycles. The first-order valence-electron chi connectivity index (χ1n) is 24.7. The van der Waals surface area contributed by atoms with Gasteiger partial charge in [0.2, 0.25) is 0 Å². The highest BCUT2D eigenvalue weighted by atomic mass is 32.1. The van der Waals surface area contributed by atoms with Crippen LogP contribution < -0.4 is 20.6 Å². The van der Waals surface area contributed by atoms with Crippen molar-refractivity contribution in [2.75, 3.05) is 9.71 Å². The number of nitrogens with zero attached hydrogens (tertiary/aromatic N) is 2. The predicted molar refractivity (Wildman–Crippen MR) is 297 cm³/mol. The lowest BCUT2D eigenvalue weighted by molar-refractivity contribution is 0.332. The van der Waals surface area contributed by atoms with Crippen LogP contribution in [0.4, 0.5) is 28.4 Å². The molecular weight excluding hydrogens is 840 g/mol. The molecule has 68 heavy (non-hydrogen) atoms. The van der Waals surface area contributed by atoms with E-state index in [1.165, 1.54) is 115 Å². The van der Waals surface area contributed by atoms with E-state index in [4.69, 9.17) is 0 Å². The average molecular weight is 901 g/mol. The summed E-state index contributed by atoms with van der Waals surface area (Å²) in [6.45, 7) is 23.7. The van der Waals surface area contributed by atoms with Crippen LogP contribution in [0, 0.1) is 0 Å². The molecule has 9 aromatic rings. The van der Waals surface area contributed by atoms with E-state index < -0.39 is 0 Å². The van der Waals surface area contributed by atoms with Gasteiger partial charge in [-0.3, -0.25) is 0 Å². The molecule has 8 aromatic carbocycles. The van der Waals surface area contributed by atoms with Gasteiger partial charge in [0, 0.05) is 54.0 Å². The zero-order valence-electron chi connectivity index (χ0n) is 41.4. The van der Waals surface area contributed by atoms with Crippen LogP contribution >= 0.6 is 11.3 Å². The number of hydrogen-bond acceptors (Lipinski definition) is 3. The van der Waals surface area contributed by atoms with Gasteiger partial charge in [-0.05, 0) is 157 Å². The topological polar surface area (TPSA) is 6.48 Å². The van der Waals surface area contributed by atoms with E-state index in [2.05, 4.69) is 243 Å². The standard InChI is InChI=1S/C64H61BN2S/c1-61(2,3)43-25-28-45(29-26-43)67-55-38-52-51(63(7,8)31-32-64(52,9)10)36-48(55)50-33-42(40-19-13-11-14-20-40)34-57-60(50)65(67)53-39-59-49(46-23-17-18-24-58(46)68-59)37-56(53)66(57)54-30-27-44(62(4,5)6)35-47(54)41-21-15-12-16-22-41/h11-30,33-39H,31-32H2,1-10H3. The van der Waals surface area contributed by atoms with Gasteiger partial charge in [0.25, 0.3) is 0 Å². The Kier molecular flexibility index (Phi) is 9.52. The van der Waals surface area contributed by atoms with Gasteiger partial charge in [0.1, 0.15) is 0 Å². The number of benzene rings is 8. The van der Waals surface area contributed by atoms with Crippen molar-refractivity contribution in [3.05, 3.63) is 186 Å². The summed E-state index contributed by atoms with van der Waals surface area (Å²) < 4.78 is 2.64. The first kappa shape index (κ1) is 43.0. The van der Waals surface area contributed by atoms with Crippen molar-refractivity contribution in [2.24, 2.45) is 0 Å². The molecule has 0 saturated heterocycles. The predicted octanol–water partition coefficient (Wildman–Crippen LogP) is 17.0. The van der Waals surface area contributed by atoms with Gasteiger partial charge in [-0.1, -0.05) is 166 Å². The summed E-state index contributed by atoms with van der Waals surface area (Å²) in [5.41, 5.74) is 22.1. The van der Waals surface area contributed by atoms with E-state index >= 15 is 0 Å². The number of anilines is 5. The van der Waals surface area contributed by atoms with E-state index in [1.807, 2.05) is 11.3 Å². The summed E-state index contributed by atoms with van der Waals surface area (Å²) in [7, 11) is 0. The van der Waals surface area contributed by atoms with E-state index in [1.54, 1.807) is 0 Å². The largest absolute Gasteiger partial charge is 0.376 e. The molecule has 0 fully saturated rings. The first-order valence-corrected chi connectivity index (χ1v) is 25.6. The van der Waals surface area contributed by atoms with Crippen molar-refractivity contribution in [1.29, 1.82) is 0 Å². The van der Waals surface area contributed by atoms with Gasteiger partial charge in [-0.15, -0.1) is 11.3 Å². The zero-order chi connectivity index (χ0) is 47.1. The molecule has 336 valence electrons. The normalized spacial score (nSPS) is 15.8. The van der Waals surface area contributed by atoms with Gasteiger partial charge >= 0.3 is 6.85 Å². The maximum Gasteiger partial charge on any atom is 0.333 e. The Morgan fingerprint density at radius 3 is 1.75 bits per heavy atom. The van der Waals surface area contributed by atoms with Crippen molar-refractivity contribution in [2.45, 2.75) is 104 Å². The van der Waals surface area contributed by atoms with Crippen LogP contribution in [0.2, 0.25) is 0 Å². The zero-order valence-corrected chi connectivity index (χ0v) is 42.2. The summed E-state index contributed by atoms with van der Waals surface area (Å²) in [4.78, 5) is 5.40. The summed E-state index contributed by atoms with van der Waals surface area (Å²) in [5, 5.41) is 2.62. The van der Waals surface area contributed by atoms with E-state index in [9.17, 15) is 0 Å². The van der Waals surface area contributed by atoms with Crippen molar-refractivity contribution >= 4 is 77.7 Å². The lowest BCUT2D eigenvalue weighted by atomic mass is 9.43. The molecular formula is C64H61BN2S. The van der Waals surface area contributed by atoms with Crippen molar-refractivity contribution in [1.82, 2.24) is 0 Å². The highest BCUT2D eigenvalue weighted by Crippen LogP contribution is 2.55. The number of fused-ring (bicyclic) bond motifs is 8. The summed E-state index contributed by atoms with van der Waals surface area (Å²) in [6, 6.07) is 63.4. The Bertz CT molecular complexity index is 3470. The number of thiophene rings is 1. The summed E-state index contributed by atoms with van der Waals surface area (Å²) >= 11 is 1.92. The van der Waals surface area contributed by atoms with Crippen molar-refractivity contribution in [3.8, 4) is 33.4 Å². The molecule has 0 spiro atoms. The maximum atomic E-state index is 2.74. The van der Waals surface area contributed by atoms with Crippen LogP contribution in [0.15, 0.2) is 164 Å². The molecule has 0 unspecified atom stereocenters. The first-order chi connectivity index (χ1) is 32.5. The van der Waals surface area contributed by atoms with Crippen LogP contribution in [0.25, 0.3) is 53.6 Å². The lowest BCUT2D eigenvalue weighted by Crippen LogP contribution is -2.61. The van der Waals surface area contributed by atoms with E-state index in [0.717, 1.165) is 12.8 Å². The minimum Gasteiger partial charge on any atom is -0.376 e. The van der Waals surface area contributed by atoms with Crippen LogP contribution in [0.3, 0.4) is 0 Å². The minimum atomic E-state index is -0.106. The Hall–Kier alpha value is -6.36. The average Bonchev–Trinajstić information content (AvgIpc) is 3.69. The number of rotatable bonds is 4. The summed E-state index contributed by atoms with van der Waals surface area (Å²) in [6.07, 6.45) is 2.32. The molecule has 3 heterocycles. The third kappa shape index (κ3) is 6.73. The lowest BCUT2D eigenvalue weighted by Gasteiger charge is -2.48. The van der Waals surface area contributed by atoms with Gasteiger partial charge < -0.3 is 9.71 Å². The van der Waals surface area contributed by atoms with Crippen molar-refractivity contribution < 1.29 is 0 Å². The third-order valence-corrected chi connectivity index (χ3v) is 17.0. The SMILES string of the molecule is CC(C)(C)c1ccc(N2B3c4cc5sc6ccccc6c5cc4N(c4ccc(C(C)(C)C)cc4-c4ccccc4)c4cc(-c5ccccc5)cc(c43)-c3cc4c(cc32)C(C)(C)CCC4(C)C)cc1. The van der Waals surface area contributed by atoms with Gasteiger partial charge in [0.05, 0.1) is 5.69 Å². The molecule has 0 bridgehead atoms. The highest BCUT2D eigenvalue weighted by Gasteiger charge is 2.48. The second-order valence-electron chi connectivity index (χ2n) is 23.3. The molecule has 2 nitrogen and oxygen atoms in total. The van der Waals surface area contributed by atoms with Crippen LogP contribution in [-0.2, 0) is 21.7 Å². The van der Waals surface area contributed by atoms with Crippen molar-refractivity contribution in [3.63, 3.8) is 0 Å². The molecule has 0 radical (unpaired) electrons. The fourth-order valence-electron chi connectivity index (χ4n) is 11.7. The van der Waals surface area contributed by atoms with Crippen LogP contribution in [0.5, 0.6) is 0 Å². The van der Waals surface area contributed by atoms with Crippen LogP contribution in [0.1, 0.15) is 104 Å². The fourth-order valence-corrected chi connectivity index (χ4v) is 12.9. The molecule has 3 aliphatic rings. The smallest absolute Gasteiger partial charge is 0.333 e. The fraction of sp³-hybridized carbons (Fsp3) is 0.250. The number of hydrogen-bond donors (Lipinski definition) is 0. The molecule has 0 saturated carbocycles. The molecule has 0 N–H and O–H groups in total. The second-order valence-corrected chi connectivity index (χ2v) is 24.3. The Labute approximate surface area is 408 Å². The van der Waals surface area contributed by atoms with Gasteiger partial charge in [-0.25, -0.2) is 0 Å². The third-order valence-electron chi connectivity index (χ3n) is 15.8. The minimum absolute atomic E-state index is 0.0321. The maximum absolute atomic E-state index is 2.74. The van der Waals surface area contributed by atoms with Gasteiger partial charge in [-0.2, -0.15) is 0 Å². The molecule has 4 heteroatoms. The molecule has 0 atom stereocenters. The van der Waals surface area contributed by atoms with Gasteiger partial charge in [0.15, 0.2) is 0 Å². The molecule has 2 aliphatic heterocycles. The Morgan fingerprint density at radius 1 is 0.456 bits per heavy atom. The monoisotopic (exact) mass is 900 g/mol. The molecule has 0 amide bonds. The van der Waals surface area contributed by atoms with E-state index in [0.29, 0.717) is 0 Å². The van der Waals surface area contributed by atoms with Crippen LogP contribution in [-0.4, -0.2) is 6.85 Å². The van der Waals surface area contributed by atoms with E-state index in [-0.39, 0.29) is 28.5 Å². The summed E-state index contributed by atoms with van der Waals surface area (Å²) in [5.74, 6) is 0. The molecule has 1 aliphatic carbocycles. The Morgan fingerprint density at radius 2 is 1.07 bits per heavy atom.